The fraction of sp³-hybridized carbons (Fsp3) is 0.455. The summed E-state index contributed by atoms with van der Waals surface area (Å²) in [4.78, 5) is 7.12. The van der Waals surface area contributed by atoms with Crippen molar-refractivity contribution in [2.24, 2.45) is 13.0 Å². The average molecular weight is 348 g/mol. The topological polar surface area (TPSA) is 34.0 Å². The van der Waals surface area contributed by atoms with Crippen LogP contribution in [0.15, 0.2) is 36.5 Å². The van der Waals surface area contributed by atoms with E-state index in [2.05, 4.69) is 65.4 Å². The monoisotopic (exact) mass is 348 g/mol. The highest BCUT2D eigenvalue weighted by Crippen LogP contribution is 2.24. The van der Waals surface area contributed by atoms with Gasteiger partial charge in [0.1, 0.15) is 0 Å². The molecule has 1 atom stereocenters. The zero-order valence-corrected chi connectivity index (χ0v) is 16.1. The summed E-state index contributed by atoms with van der Waals surface area (Å²) < 4.78 is 1.89. The third-order valence-electron chi connectivity index (χ3n) is 5.36. The Morgan fingerprint density at radius 1 is 1.08 bits per heavy atom. The molecule has 0 bridgehead atoms. The van der Waals surface area contributed by atoms with Gasteiger partial charge in [-0.15, -0.1) is 0 Å². The van der Waals surface area contributed by atoms with Gasteiger partial charge in [0.15, 0.2) is 0 Å². The molecule has 26 heavy (non-hydrogen) atoms. The second kappa shape index (κ2) is 7.20. The molecule has 0 unspecified atom stereocenters. The number of hydrogen-bond donors (Lipinski definition) is 0. The number of pyridine rings is 1. The number of hydrogen-bond acceptors (Lipinski definition) is 3. The average Bonchev–Trinajstić information content (AvgIpc) is 2.93. The lowest BCUT2D eigenvalue weighted by Crippen LogP contribution is -2.35. The lowest BCUT2D eigenvalue weighted by atomic mass is 9.91. The second-order valence-corrected chi connectivity index (χ2v) is 7.90. The Kier molecular flexibility index (Phi) is 4.77. The number of piperidine rings is 1. The summed E-state index contributed by atoms with van der Waals surface area (Å²) in [5.74, 6) is 0.739. The minimum Gasteiger partial charge on any atom is -0.299 e. The van der Waals surface area contributed by atoms with Crippen LogP contribution in [0.25, 0.3) is 10.9 Å². The summed E-state index contributed by atoms with van der Waals surface area (Å²) in [7, 11) is 1.98. The molecule has 3 heterocycles. The molecule has 4 rings (SSSR count). The van der Waals surface area contributed by atoms with E-state index in [1.54, 1.807) is 0 Å². The minimum absolute atomic E-state index is 0.739. The maximum Gasteiger partial charge on any atom is 0.0926 e. The van der Waals surface area contributed by atoms with Gasteiger partial charge in [0, 0.05) is 43.1 Å². The van der Waals surface area contributed by atoms with Crippen LogP contribution in [0.4, 0.5) is 0 Å². The van der Waals surface area contributed by atoms with Crippen molar-refractivity contribution in [3.63, 3.8) is 0 Å². The van der Waals surface area contributed by atoms with Crippen LogP contribution in [0.1, 0.15) is 35.4 Å². The third kappa shape index (κ3) is 3.96. The first-order chi connectivity index (χ1) is 12.5. The first kappa shape index (κ1) is 17.2. The SMILES string of the molecule is Cc1cc(C[C@H]2CCCN(Cc3ccc4cn(C)nc4c3)C2)cc(C)n1. The largest absolute Gasteiger partial charge is 0.299 e. The number of aryl methyl sites for hydroxylation is 3. The second-order valence-electron chi connectivity index (χ2n) is 7.90. The van der Waals surface area contributed by atoms with E-state index in [0.29, 0.717) is 0 Å². The van der Waals surface area contributed by atoms with Crippen LogP contribution in [0.5, 0.6) is 0 Å². The molecule has 4 nitrogen and oxygen atoms in total. The Labute approximate surface area is 155 Å². The molecule has 0 saturated carbocycles. The predicted molar refractivity (Wildman–Crippen MR) is 106 cm³/mol. The smallest absolute Gasteiger partial charge is 0.0926 e. The summed E-state index contributed by atoms with van der Waals surface area (Å²) in [6.45, 7) is 7.60. The molecule has 3 aromatic rings. The van der Waals surface area contributed by atoms with Gasteiger partial charge in [-0.05, 0) is 74.9 Å². The van der Waals surface area contributed by atoms with Gasteiger partial charge in [-0.2, -0.15) is 5.10 Å². The standard InChI is InChI=1S/C22H28N4/c1-16-9-20(10-17(2)23-16)11-18-5-4-8-26(13-18)14-19-6-7-21-15-25(3)24-22(21)12-19/h6-7,9-10,12,15,18H,4-5,8,11,13-14H2,1-3H3/t18-/m1/s1. The Morgan fingerprint density at radius 3 is 2.69 bits per heavy atom. The van der Waals surface area contributed by atoms with Crippen LogP contribution >= 0.6 is 0 Å². The molecule has 136 valence electrons. The van der Waals surface area contributed by atoms with Crippen LogP contribution < -0.4 is 0 Å². The molecule has 0 N–H and O–H groups in total. The fourth-order valence-electron chi connectivity index (χ4n) is 4.38. The molecular weight excluding hydrogens is 320 g/mol. The van der Waals surface area contributed by atoms with E-state index in [-0.39, 0.29) is 0 Å². The van der Waals surface area contributed by atoms with E-state index >= 15 is 0 Å². The molecular formula is C22H28N4. The summed E-state index contributed by atoms with van der Waals surface area (Å²) >= 11 is 0. The van der Waals surface area contributed by atoms with Crippen LogP contribution in [-0.4, -0.2) is 32.8 Å². The van der Waals surface area contributed by atoms with Gasteiger partial charge in [-0.25, -0.2) is 0 Å². The predicted octanol–water partition coefficient (Wildman–Crippen LogP) is 4.04. The summed E-state index contributed by atoms with van der Waals surface area (Å²) in [5, 5.41) is 5.77. The summed E-state index contributed by atoms with van der Waals surface area (Å²) in [6.07, 6.45) is 5.87. The van der Waals surface area contributed by atoms with E-state index in [1.807, 2.05) is 11.7 Å². The number of rotatable bonds is 4. The summed E-state index contributed by atoms with van der Waals surface area (Å²) in [5.41, 5.74) is 6.18. The summed E-state index contributed by atoms with van der Waals surface area (Å²) in [6, 6.07) is 11.2. The van der Waals surface area contributed by atoms with E-state index < -0.39 is 0 Å². The highest BCUT2D eigenvalue weighted by atomic mass is 15.2. The molecule has 2 aromatic heterocycles. The molecule has 1 aliphatic rings. The van der Waals surface area contributed by atoms with E-state index in [9.17, 15) is 0 Å². The van der Waals surface area contributed by atoms with Crippen molar-refractivity contribution < 1.29 is 0 Å². The van der Waals surface area contributed by atoms with Gasteiger partial charge in [-0.1, -0.05) is 12.1 Å². The molecule has 0 spiro atoms. The van der Waals surface area contributed by atoms with E-state index in [1.165, 1.54) is 48.9 Å². The fourth-order valence-corrected chi connectivity index (χ4v) is 4.38. The molecule has 1 fully saturated rings. The highest BCUT2D eigenvalue weighted by Gasteiger charge is 2.20. The molecule has 4 heteroatoms. The molecule has 1 saturated heterocycles. The van der Waals surface area contributed by atoms with E-state index in [0.717, 1.165) is 29.4 Å². The van der Waals surface area contributed by atoms with Gasteiger partial charge < -0.3 is 0 Å². The zero-order valence-electron chi connectivity index (χ0n) is 16.1. The minimum atomic E-state index is 0.739. The first-order valence-electron chi connectivity index (χ1n) is 9.64. The zero-order chi connectivity index (χ0) is 18.1. The van der Waals surface area contributed by atoms with Gasteiger partial charge >= 0.3 is 0 Å². The Balaban J connectivity index is 1.42. The van der Waals surface area contributed by atoms with Gasteiger partial charge in [-0.3, -0.25) is 14.6 Å². The van der Waals surface area contributed by atoms with Crippen molar-refractivity contribution in [3.8, 4) is 0 Å². The Morgan fingerprint density at radius 2 is 1.88 bits per heavy atom. The van der Waals surface area contributed by atoms with Crippen molar-refractivity contribution in [1.82, 2.24) is 19.7 Å². The Hall–Kier alpha value is -2.20. The van der Waals surface area contributed by atoms with Gasteiger partial charge in [0.2, 0.25) is 0 Å². The lowest BCUT2D eigenvalue weighted by molar-refractivity contribution is 0.167. The Bertz CT molecular complexity index is 891. The van der Waals surface area contributed by atoms with Crippen LogP contribution in [-0.2, 0) is 20.0 Å². The highest BCUT2D eigenvalue weighted by molar-refractivity contribution is 5.78. The number of likely N-dealkylation sites (tertiary alicyclic amines) is 1. The number of nitrogens with zero attached hydrogens (tertiary/aromatic N) is 4. The van der Waals surface area contributed by atoms with Crippen LogP contribution in [0, 0.1) is 19.8 Å². The molecule has 0 radical (unpaired) electrons. The van der Waals surface area contributed by atoms with Gasteiger partial charge in [0.05, 0.1) is 5.52 Å². The maximum absolute atomic E-state index is 4.55. The van der Waals surface area contributed by atoms with Crippen LogP contribution in [0.2, 0.25) is 0 Å². The maximum atomic E-state index is 4.55. The third-order valence-corrected chi connectivity index (χ3v) is 5.36. The first-order valence-corrected chi connectivity index (χ1v) is 9.64. The quantitative estimate of drug-likeness (QED) is 0.713. The van der Waals surface area contributed by atoms with Crippen molar-refractivity contribution >= 4 is 10.9 Å². The molecule has 0 amide bonds. The number of aromatic nitrogens is 3. The van der Waals surface area contributed by atoms with Crippen molar-refractivity contribution in [2.45, 2.75) is 39.7 Å². The van der Waals surface area contributed by atoms with E-state index in [4.69, 9.17) is 0 Å². The van der Waals surface area contributed by atoms with Crippen LogP contribution in [0.3, 0.4) is 0 Å². The lowest BCUT2D eigenvalue weighted by Gasteiger charge is -2.33. The van der Waals surface area contributed by atoms with Crippen molar-refractivity contribution in [2.75, 3.05) is 13.1 Å². The molecule has 0 aliphatic carbocycles. The molecule has 1 aromatic carbocycles. The number of benzene rings is 1. The van der Waals surface area contributed by atoms with Crippen molar-refractivity contribution in [1.29, 1.82) is 0 Å². The normalized spacial score (nSPS) is 18.5. The van der Waals surface area contributed by atoms with Crippen molar-refractivity contribution in [3.05, 3.63) is 59.0 Å². The van der Waals surface area contributed by atoms with Gasteiger partial charge in [0.25, 0.3) is 0 Å². The molecule has 1 aliphatic heterocycles. The number of fused-ring (bicyclic) bond motifs is 1.